The molecule has 0 radical (unpaired) electrons. The minimum Gasteiger partial charge on any atom is -0.497 e. The summed E-state index contributed by atoms with van der Waals surface area (Å²) in [6.07, 6.45) is 1.66. The maximum Gasteiger partial charge on any atom is 0.275 e. The molecule has 0 saturated heterocycles. The first-order chi connectivity index (χ1) is 13.9. The Labute approximate surface area is 170 Å². The third-order valence-electron chi connectivity index (χ3n) is 4.75. The van der Waals surface area contributed by atoms with Crippen LogP contribution in [0.5, 0.6) is 11.5 Å². The summed E-state index contributed by atoms with van der Waals surface area (Å²) in [7, 11) is 3.07. The van der Waals surface area contributed by atoms with Gasteiger partial charge in [0.2, 0.25) is 0 Å². The maximum atomic E-state index is 12.5. The number of hydrogen-bond acceptors (Lipinski definition) is 4. The van der Waals surface area contributed by atoms with Gasteiger partial charge in [0.1, 0.15) is 11.5 Å². The van der Waals surface area contributed by atoms with Gasteiger partial charge in [0.25, 0.3) is 5.91 Å². The minimum atomic E-state index is -0.353. The highest BCUT2D eigenvalue weighted by Gasteiger charge is 2.13. The number of ether oxygens (including phenoxy) is 2. The summed E-state index contributed by atoms with van der Waals surface area (Å²) in [6.45, 7) is 6.15. The molecule has 0 spiro atoms. The highest BCUT2D eigenvalue weighted by atomic mass is 16.5. The van der Waals surface area contributed by atoms with E-state index in [2.05, 4.69) is 40.2 Å². The van der Waals surface area contributed by atoms with Crippen LogP contribution in [0.1, 0.15) is 32.9 Å². The van der Waals surface area contributed by atoms with Gasteiger partial charge in [-0.05, 0) is 56.7 Å². The van der Waals surface area contributed by atoms with Gasteiger partial charge in [-0.3, -0.25) is 4.79 Å². The lowest BCUT2D eigenvalue weighted by atomic mass is 10.2. The molecule has 0 aliphatic rings. The first kappa shape index (κ1) is 20.2. The lowest BCUT2D eigenvalue weighted by Crippen LogP contribution is -2.18. The number of hydrogen-bond donors (Lipinski definition) is 1. The van der Waals surface area contributed by atoms with Crippen molar-refractivity contribution in [1.29, 1.82) is 0 Å². The van der Waals surface area contributed by atoms with Crippen molar-refractivity contribution in [2.24, 2.45) is 5.10 Å². The molecule has 1 heterocycles. The third-order valence-corrected chi connectivity index (χ3v) is 4.75. The lowest BCUT2D eigenvalue weighted by molar-refractivity contribution is 0.0952. The summed E-state index contributed by atoms with van der Waals surface area (Å²) in [5.74, 6) is 0.688. The molecule has 0 bridgehead atoms. The van der Waals surface area contributed by atoms with E-state index in [1.54, 1.807) is 31.5 Å². The van der Waals surface area contributed by atoms with Gasteiger partial charge in [-0.25, -0.2) is 5.43 Å². The summed E-state index contributed by atoms with van der Waals surface area (Å²) in [6, 6.07) is 15.4. The lowest BCUT2D eigenvalue weighted by Gasteiger charge is -2.10. The number of carbonyl (C=O) groups is 1. The van der Waals surface area contributed by atoms with Crippen LogP contribution < -0.4 is 14.9 Å². The molecule has 3 aromatic rings. The van der Waals surface area contributed by atoms with Crippen LogP contribution in [-0.4, -0.2) is 30.9 Å². The Morgan fingerprint density at radius 2 is 1.83 bits per heavy atom. The Hall–Kier alpha value is -3.54. The third kappa shape index (κ3) is 4.32. The Morgan fingerprint density at radius 1 is 1.03 bits per heavy atom. The van der Waals surface area contributed by atoms with Crippen molar-refractivity contribution in [1.82, 2.24) is 9.99 Å². The number of benzene rings is 2. The molecule has 1 aromatic heterocycles. The number of carbonyl (C=O) groups excluding carboxylic acids is 1. The standard InChI is InChI=1S/C23H25N3O3/c1-15-7-6-8-19(11-15)26-16(2)12-18(17(26)3)14-24-25-23(27)21-10-9-20(28-4)13-22(21)29-5/h6-14H,1-5H3,(H,25,27). The van der Waals surface area contributed by atoms with E-state index in [0.717, 1.165) is 22.6 Å². The second-order valence-electron chi connectivity index (χ2n) is 6.77. The fraction of sp³-hybridized carbons (Fsp3) is 0.217. The van der Waals surface area contributed by atoms with E-state index < -0.39 is 0 Å². The first-order valence-corrected chi connectivity index (χ1v) is 9.26. The van der Waals surface area contributed by atoms with Crippen molar-refractivity contribution in [2.75, 3.05) is 14.2 Å². The number of methoxy groups -OCH3 is 2. The molecule has 0 aliphatic carbocycles. The predicted octanol–water partition coefficient (Wildman–Crippen LogP) is 4.18. The molecule has 3 rings (SSSR count). The van der Waals surface area contributed by atoms with Gasteiger partial charge in [-0.2, -0.15) is 5.10 Å². The number of hydrazone groups is 1. The summed E-state index contributed by atoms with van der Waals surface area (Å²) >= 11 is 0. The normalized spacial score (nSPS) is 10.9. The number of rotatable bonds is 6. The van der Waals surface area contributed by atoms with Crippen LogP contribution in [0.2, 0.25) is 0 Å². The van der Waals surface area contributed by atoms with Crippen LogP contribution in [0.15, 0.2) is 53.6 Å². The van der Waals surface area contributed by atoms with Gasteiger partial charge in [0.05, 0.1) is 26.0 Å². The van der Waals surface area contributed by atoms with Gasteiger partial charge in [-0.1, -0.05) is 12.1 Å². The summed E-state index contributed by atoms with van der Waals surface area (Å²) in [4.78, 5) is 12.5. The highest BCUT2D eigenvalue weighted by Crippen LogP contribution is 2.24. The summed E-state index contributed by atoms with van der Waals surface area (Å²) in [5.41, 5.74) is 8.33. The zero-order valence-electron chi connectivity index (χ0n) is 17.3. The van der Waals surface area contributed by atoms with Crippen molar-refractivity contribution < 1.29 is 14.3 Å². The largest absolute Gasteiger partial charge is 0.497 e. The Kier molecular flexibility index (Phi) is 6.02. The predicted molar refractivity (Wildman–Crippen MR) is 115 cm³/mol. The van der Waals surface area contributed by atoms with Gasteiger partial charge in [-0.15, -0.1) is 0 Å². The fourth-order valence-corrected chi connectivity index (χ4v) is 3.29. The Morgan fingerprint density at radius 3 is 2.52 bits per heavy atom. The molecule has 0 unspecified atom stereocenters. The van der Waals surface area contributed by atoms with Crippen molar-refractivity contribution in [2.45, 2.75) is 20.8 Å². The minimum absolute atomic E-state index is 0.353. The number of aryl methyl sites for hydroxylation is 2. The second-order valence-corrected chi connectivity index (χ2v) is 6.77. The molecule has 1 amide bonds. The molecule has 2 aromatic carbocycles. The van der Waals surface area contributed by atoms with Gasteiger partial charge >= 0.3 is 0 Å². The van der Waals surface area contributed by atoms with E-state index in [4.69, 9.17) is 9.47 Å². The van der Waals surface area contributed by atoms with E-state index in [9.17, 15) is 4.79 Å². The quantitative estimate of drug-likeness (QED) is 0.506. The van der Waals surface area contributed by atoms with Crippen LogP contribution in [0.3, 0.4) is 0 Å². The molecule has 6 heteroatoms. The topological polar surface area (TPSA) is 64.8 Å². The Balaban J connectivity index is 1.79. The number of aromatic nitrogens is 1. The van der Waals surface area contributed by atoms with E-state index in [0.29, 0.717) is 17.1 Å². The SMILES string of the molecule is COc1ccc(C(=O)NN=Cc2cc(C)n(-c3cccc(C)c3)c2C)c(OC)c1. The van der Waals surface area contributed by atoms with Crippen molar-refractivity contribution >= 4 is 12.1 Å². The number of nitrogens with zero attached hydrogens (tertiary/aromatic N) is 2. The average molecular weight is 391 g/mol. The maximum absolute atomic E-state index is 12.5. The zero-order valence-corrected chi connectivity index (χ0v) is 17.3. The first-order valence-electron chi connectivity index (χ1n) is 9.26. The van der Waals surface area contributed by atoms with Crippen LogP contribution >= 0.6 is 0 Å². The molecule has 1 N–H and O–H groups in total. The highest BCUT2D eigenvalue weighted by molar-refractivity contribution is 5.97. The van der Waals surface area contributed by atoms with E-state index >= 15 is 0 Å². The van der Waals surface area contributed by atoms with Crippen LogP contribution in [-0.2, 0) is 0 Å². The molecular formula is C23H25N3O3. The molecule has 6 nitrogen and oxygen atoms in total. The van der Waals surface area contributed by atoms with E-state index in [1.165, 1.54) is 12.7 Å². The van der Waals surface area contributed by atoms with Gasteiger partial charge in [0.15, 0.2) is 0 Å². The smallest absolute Gasteiger partial charge is 0.275 e. The van der Waals surface area contributed by atoms with Crippen LogP contribution in [0.4, 0.5) is 0 Å². The molecule has 0 atom stereocenters. The van der Waals surface area contributed by atoms with Crippen LogP contribution in [0.25, 0.3) is 5.69 Å². The van der Waals surface area contributed by atoms with Gasteiger partial charge in [0, 0.05) is 28.7 Å². The second kappa shape index (κ2) is 8.65. The molecule has 29 heavy (non-hydrogen) atoms. The van der Waals surface area contributed by atoms with Crippen molar-refractivity contribution in [3.05, 3.63) is 76.6 Å². The van der Waals surface area contributed by atoms with Gasteiger partial charge < -0.3 is 14.0 Å². The summed E-state index contributed by atoms with van der Waals surface area (Å²) in [5, 5.41) is 4.14. The molecule has 0 fully saturated rings. The van der Waals surface area contributed by atoms with Crippen molar-refractivity contribution in [3.63, 3.8) is 0 Å². The van der Waals surface area contributed by atoms with Crippen LogP contribution in [0, 0.1) is 20.8 Å². The summed E-state index contributed by atoms with van der Waals surface area (Å²) < 4.78 is 12.6. The molecule has 0 aliphatic heterocycles. The van der Waals surface area contributed by atoms with E-state index in [1.807, 2.05) is 26.0 Å². The molecule has 0 saturated carbocycles. The molecular weight excluding hydrogens is 366 g/mol. The monoisotopic (exact) mass is 391 g/mol. The Bertz CT molecular complexity index is 1070. The fourth-order valence-electron chi connectivity index (χ4n) is 3.29. The zero-order chi connectivity index (χ0) is 21.0. The van der Waals surface area contributed by atoms with Crippen molar-refractivity contribution in [3.8, 4) is 17.2 Å². The number of nitrogens with one attached hydrogen (secondary N) is 1. The molecule has 150 valence electrons. The average Bonchev–Trinajstić information content (AvgIpc) is 3.00. The van der Waals surface area contributed by atoms with E-state index in [-0.39, 0.29) is 5.91 Å². The number of amides is 1.